The molecule has 2 heterocycles. The lowest BCUT2D eigenvalue weighted by Gasteiger charge is -2.35. The lowest BCUT2D eigenvalue weighted by molar-refractivity contribution is -0.154. The van der Waals surface area contributed by atoms with Gasteiger partial charge < -0.3 is 18.8 Å². The van der Waals surface area contributed by atoms with E-state index in [0.29, 0.717) is 50.5 Å². The van der Waals surface area contributed by atoms with Crippen molar-refractivity contribution in [1.82, 2.24) is 9.88 Å². The molecule has 7 nitrogen and oxygen atoms in total. The molecule has 0 radical (unpaired) electrons. The first-order valence-corrected chi connectivity index (χ1v) is 12.2. The number of unbranched alkanes of at least 4 members (excludes halogenated alkanes) is 1. The number of carbonyl (C=O) groups is 2. The molecule has 1 amide bonds. The molecule has 1 aliphatic rings. The number of aryl methyl sites for hydroxylation is 1. The van der Waals surface area contributed by atoms with Crippen molar-refractivity contribution >= 4 is 11.9 Å². The van der Waals surface area contributed by atoms with Gasteiger partial charge in [-0.2, -0.15) is 0 Å². The monoisotopic (exact) mass is 488 g/mol. The molecule has 3 aromatic rings. The van der Waals surface area contributed by atoms with Gasteiger partial charge in [-0.05, 0) is 55.2 Å². The van der Waals surface area contributed by atoms with Gasteiger partial charge in [0.2, 0.25) is 11.8 Å². The average molecular weight is 489 g/mol. The molecule has 1 aliphatic heterocycles. The summed E-state index contributed by atoms with van der Waals surface area (Å²) in [4.78, 5) is 31.6. The number of allylic oxidation sites excluding steroid dienone is 1. The van der Waals surface area contributed by atoms with Crippen molar-refractivity contribution in [2.45, 2.75) is 51.6 Å². The average Bonchev–Trinajstić information content (AvgIpc) is 3.28. The molecule has 0 bridgehead atoms. The summed E-state index contributed by atoms with van der Waals surface area (Å²) in [5.41, 5.74) is 3.81. The first kappa shape index (κ1) is 25.2. The molecule has 0 unspecified atom stereocenters. The SMILES string of the molecule is C=CCCCC(=O)N1Cc2cc(OCCc3nc(-c4ccccc4)oc3C)ccc2C[C@H]1C(=O)OC. The number of amides is 1. The fourth-order valence-corrected chi connectivity index (χ4v) is 4.43. The van der Waals surface area contributed by atoms with Gasteiger partial charge in [0.15, 0.2) is 0 Å². The van der Waals surface area contributed by atoms with Gasteiger partial charge in [-0.15, -0.1) is 6.58 Å². The highest BCUT2D eigenvalue weighted by Crippen LogP contribution is 2.29. The maximum Gasteiger partial charge on any atom is 0.328 e. The highest BCUT2D eigenvalue weighted by atomic mass is 16.5. The van der Waals surface area contributed by atoms with Gasteiger partial charge in [0, 0.05) is 31.4 Å². The third kappa shape index (κ3) is 5.85. The van der Waals surface area contributed by atoms with Gasteiger partial charge >= 0.3 is 5.97 Å². The molecule has 4 rings (SSSR count). The lowest BCUT2D eigenvalue weighted by atomic mass is 9.93. The number of aromatic nitrogens is 1. The van der Waals surface area contributed by atoms with Gasteiger partial charge in [-0.3, -0.25) is 4.79 Å². The number of oxazole rings is 1. The summed E-state index contributed by atoms with van der Waals surface area (Å²) in [5.74, 6) is 1.65. The van der Waals surface area contributed by atoms with Crippen molar-refractivity contribution in [2.75, 3.05) is 13.7 Å². The van der Waals surface area contributed by atoms with Gasteiger partial charge in [-0.1, -0.05) is 30.3 Å². The Morgan fingerprint density at radius 3 is 2.75 bits per heavy atom. The van der Waals surface area contributed by atoms with E-state index in [9.17, 15) is 9.59 Å². The maximum absolute atomic E-state index is 12.9. The van der Waals surface area contributed by atoms with Crippen molar-refractivity contribution in [3.05, 3.63) is 83.8 Å². The van der Waals surface area contributed by atoms with E-state index in [1.165, 1.54) is 7.11 Å². The van der Waals surface area contributed by atoms with Gasteiger partial charge in [0.05, 0.1) is 19.4 Å². The molecular weight excluding hydrogens is 456 g/mol. The molecule has 188 valence electrons. The Morgan fingerprint density at radius 1 is 1.19 bits per heavy atom. The first-order chi connectivity index (χ1) is 17.5. The Labute approximate surface area is 211 Å². The number of rotatable bonds is 10. The van der Waals surface area contributed by atoms with Crippen LogP contribution in [0, 0.1) is 6.92 Å². The van der Waals surface area contributed by atoms with E-state index in [0.717, 1.165) is 34.6 Å². The summed E-state index contributed by atoms with van der Waals surface area (Å²) < 4.78 is 16.8. The summed E-state index contributed by atoms with van der Waals surface area (Å²) in [6, 6.07) is 15.0. The molecule has 0 saturated carbocycles. The number of benzene rings is 2. The normalized spacial score (nSPS) is 14.7. The molecule has 2 aromatic carbocycles. The maximum atomic E-state index is 12.9. The summed E-state index contributed by atoms with van der Waals surface area (Å²) >= 11 is 0. The fraction of sp³-hybridized carbons (Fsp3) is 0.345. The number of fused-ring (bicyclic) bond motifs is 1. The molecule has 0 fully saturated rings. The van der Waals surface area contributed by atoms with Crippen LogP contribution in [0.5, 0.6) is 5.75 Å². The molecular formula is C29H32N2O5. The molecule has 36 heavy (non-hydrogen) atoms. The highest BCUT2D eigenvalue weighted by molar-refractivity contribution is 5.85. The zero-order valence-electron chi connectivity index (χ0n) is 20.9. The fourth-order valence-electron chi connectivity index (χ4n) is 4.43. The number of methoxy groups -OCH3 is 1. The van der Waals surface area contributed by atoms with Crippen molar-refractivity contribution in [3.63, 3.8) is 0 Å². The van der Waals surface area contributed by atoms with Crippen LogP contribution in [0.25, 0.3) is 11.5 Å². The minimum atomic E-state index is -0.612. The minimum Gasteiger partial charge on any atom is -0.493 e. The van der Waals surface area contributed by atoms with Crippen LogP contribution in [-0.4, -0.2) is 41.5 Å². The number of carbonyl (C=O) groups excluding carboxylic acids is 2. The molecule has 0 saturated heterocycles. The number of hydrogen-bond acceptors (Lipinski definition) is 6. The molecule has 7 heteroatoms. The van der Waals surface area contributed by atoms with Gasteiger partial charge in [0.25, 0.3) is 0 Å². The van der Waals surface area contributed by atoms with E-state index in [4.69, 9.17) is 13.9 Å². The Hall–Kier alpha value is -3.87. The molecule has 1 atom stereocenters. The number of esters is 1. The van der Waals surface area contributed by atoms with Crippen molar-refractivity contribution < 1.29 is 23.5 Å². The van der Waals surface area contributed by atoms with E-state index in [-0.39, 0.29) is 5.91 Å². The first-order valence-electron chi connectivity index (χ1n) is 12.2. The van der Waals surface area contributed by atoms with E-state index in [1.807, 2.05) is 55.5 Å². The summed E-state index contributed by atoms with van der Waals surface area (Å²) in [7, 11) is 1.36. The van der Waals surface area contributed by atoms with Gasteiger partial charge in [-0.25, -0.2) is 9.78 Å². The standard InChI is InChI=1S/C29H32N2O5/c1-4-5-7-12-27(32)31-19-23-17-24(14-13-22(23)18-26(31)29(33)34-3)35-16-15-25-20(2)36-28(30-25)21-10-8-6-9-11-21/h4,6,8-11,13-14,17,26H,1,5,7,12,15-16,18-19H2,2-3H3/t26-/m0/s1. The third-order valence-corrected chi connectivity index (χ3v) is 6.42. The van der Waals surface area contributed by atoms with Crippen molar-refractivity contribution in [3.8, 4) is 17.2 Å². The predicted molar refractivity (Wildman–Crippen MR) is 136 cm³/mol. The van der Waals surface area contributed by atoms with Crippen LogP contribution in [0.1, 0.15) is 41.8 Å². The molecule has 0 N–H and O–H groups in total. The predicted octanol–water partition coefficient (Wildman–Crippen LogP) is 5.05. The number of ether oxygens (including phenoxy) is 2. The van der Waals surface area contributed by atoms with Crippen LogP contribution >= 0.6 is 0 Å². The molecule has 0 aliphatic carbocycles. The highest BCUT2D eigenvalue weighted by Gasteiger charge is 2.35. The number of nitrogens with zero attached hydrogens (tertiary/aromatic N) is 2. The van der Waals surface area contributed by atoms with E-state index < -0.39 is 12.0 Å². The van der Waals surface area contributed by atoms with Crippen LogP contribution in [0.3, 0.4) is 0 Å². The molecule has 0 spiro atoms. The summed E-state index contributed by atoms with van der Waals surface area (Å²) in [5, 5.41) is 0. The van der Waals surface area contributed by atoms with E-state index in [1.54, 1.807) is 11.0 Å². The topological polar surface area (TPSA) is 81.9 Å². The van der Waals surface area contributed by atoms with E-state index in [2.05, 4.69) is 11.6 Å². The van der Waals surface area contributed by atoms with Gasteiger partial charge in [0.1, 0.15) is 17.6 Å². The van der Waals surface area contributed by atoms with Crippen molar-refractivity contribution in [1.29, 1.82) is 0 Å². The second-order valence-electron chi connectivity index (χ2n) is 8.86. The Bertz CT molecular complexity index is 1220. The van der Waals surface area contributed by atoms with Crippen LogP contribution < -0.4 is 4.74 Å². The zero-order valence-corrected chi connectivity index (χ0v) is 20.9. The number of hydrogen-bond donors (Lipinski definition) is 0. The second kappa shape index (κ2) is 11.7. The Balaban J connectivity index is 1.42. The summed E-state index contributed by atoms with van der Waals surface area (Å²) in [6.45, 7) is 6.41. The zero-order chi connectivity index (χ0) is 25.5. The second-order valence-corrected chi connectivity index (χ2v) is 8.86. The van der Waals surface area contributed by atoms with Crippen LogP contribution in [0.2, 0.25) is 0 Å². The Morgan fingerprint density at radius 2 is 2.00 bits per heavy atom. The lowest BCUT2D eigenvalue weighted by Crippen LogP contribution is -2.49. The largest absolute Gasteiger partial charge is 0.493 e. The Kier molecular flexibility index (Phi) is 8.21. The minimum absolute atomic E-state index is 0.0556. The van der Waals surface area contributed by atoms with Crippen LogP contribution in [0.15, 0.2) is 65.6 Å². The van der Waals surface area contributed by atoms with E-state index >= 15 is 0 Å². The summed E-state index contributed by atoms with van der Waals surface area (Å²) in [6.07, 6.45) is 4.66. The quantitative estimate of drug-likeness (QED) is 0.226. The molecule has 1 aromatic heterocycles. The van der Waals surface area contributed by atoms with Crippen LogP contribution in [0.4, 0.5) is 0 Å². The third-order valence-electron chi connectivity index (χ3n) is 6.42. The van der Waals surface area contributed by atoms with Crippen LogP contribution in [-0.2, 0) is 33.7 Å². The smallest absolute Gasteiger partial charge is 0.328 e. The van der Waals surface area contributed by atoms with Crippen molar-refractivity contribution in [2.24, 2.45) is 0 Å².